The van der Waals surface area contributed by atoms with Gasteiger partial charge >= 0.3 is 0 Å². The number of hydrogen-bond acceptors (Lipinski definition) is 9. The minimum absolute atomic E-state index is 1.26. The van der Waals surface area contributed by atoms with Gasteiger partial charge in [-0.15, -0.1) is 31.7 Å². The van der Waals surface area contributed by atoms with Crippen LogP contribution < -0.4 is 0 Å². The number of hydrogen-bond donors (Lipinski definition) is 0. The molecule has 15 heavy (non-hydrogen) atoms. The van der Waals surface area contributed by atoms with Crippen LogP contribution in [0, 0.1) is 0 Å². The minimum Gasteiger partial charge on any atom is -0.431 e. The molecule has 3 aromatic heterocycles. The molecule has 0 unspecified atom stereocenters. The van der Waals surface area contributed by atoms with Crippen molar-refractivity contribution in [3.63, 3.8) is 0 Å². The third kappa shape index (κ3) is 7.34. The Kier molecular flexibility index (Phi) is 6.68. The molecule has 0 aromatic carbocycles. The maximum absolute atomic E-state index is 4.36. The maximum Gasteiger partial charge on any atom is 0.203 e. The van der Waals surface area contributed by atoms with Gasteiger partial charge in [-0.05, 0) is 11.5 Å². The summed E-state index contributed by atoms with van der Waals surface area (Å²) >= 11 is 2.84. The van der Waals surface area contributed by atoms with Crippen LogP contribution in [-0.2, 0) is 0 Å². The van der Waals surface area contributed by atoms with Gasteiger partial charge in [0.15, 0.2) is 0 Å². The number of nitrogens with zero attached hydrogens (tertiary/aromatic N) is 6. The molecule has 0 aliphatic carbocycles. The van der Waals surface area contributed by atoms with Gasteiger partial charge in [-0.25, -0.2) is 4.98 Å². The first-order chi connectivity index (χ1) is 7.50. The molecule has 0 radical (unpaired) electrons. The molecule has 0 aliphatic heterocycles. The number of rotatable bonds is 0. The minimum atomic E-state index is 1.26. The largest absolute Gasteiger partial charge is 0.431 e. The second-order valence-electron chi connectivity index (χ2n) is 1.74. The molecule has 0 aliphatic rings. The molecule has 0 N–H and O–H groups in total. The second kappa shape index (κ2) is 8.84. The van der Waals surface area contributed by atoms with E-state index in [1.807, 2.05) is 0 Å². The Morgan fingerprint density at radius 1 is 0.867 bits per heavy atom. The molecule has 3 heterocycles. The molecule has 0 bridgehead atoms. The van der Waals surface area contributed by atoms with Crippen molar-refractivity contribution >= 4 is 22.9 Å². The Labute approximate surface area is 93.0 Å². The third-order valence-corrected chi connectivity index (χ3v) is 1.71. The molecule has 0 amide bonds. The fourth-order valence-corrected chi connectivity index (χ4v) is 0.953. The first kappa shape index (κ1) is 11.3. The van der Waals surface area contributed by atoms with E-state index < -0.39 is 0 Å². The topological polar surface area (TPSA) is 90.5 Å². The summed E-state index contributed by atoms with van der Waals surface area (Å²) in [6.45, 7) is 0. The van der Waals surface area contributed by atoms with Crippen molar-refractivity contribution in [2.45, 2.75) is 0 Å². The van der Waals surface area contributed by atoms with E-state index in [4.69, 9.17) is 0 Å². The van der Waals surface area contributed by atoms with Crippen LogP contribution in [0.25, 0.3) is 0 Å². The first-order valence-corrected chi connectivity index (χ1v) is 5.35. The predicted molar refractivity (Wildman–Crippen MR) is 54.1 cm³/mol. The lowest BCUT2D eigenvalue weighted by molar-refractivity contribution is 0.553. The van der Waals surface area contributed by atoms with E-state index in [2.05, 4.69) is 34.2 Å². The van der Waals surface area contributed by atoms with E-state index in [1.54, 1.807) is 16.5 Å². The summed E-state index contributed by atoms with van der Waals surface area (Å²) in [6.07, 6.45) is 4.05. The van der Waals surface area contributed by atoms with Crippen molar-refractivity contribution in [1.29, 1.82) is 0 Å². The highest BCUT2D eigenvalue weighted by atomic mass is 32.1. The normalized spacial score (nSPS) is 8.00. The van der Waals surface area contributed by atoms with Gasteiger partial charge < -0.3 is 4.42 Å². The first-order valence-electron chi connectivity index (χ1n) is 3.57. The summed E-state index contributed by atoms with van der Waals surface area (Å²) < 4.78 is 8.01. The summed E-state index contributed by atoms with van der Waals surface area (Å²) in [5.41, 5.74) is 5.04. The number of aromatic nitrogens is 6. The van der Waals surface area contributed by atoms with Crippen molar-refractivity contribution in [3.8, 4) is 0 Å². The molecule has 0 fully saturated rings. The molecule has 3 aromatic rings. The van der Waals surface area contributed by atoms with Gasteiger partial charge in [0.2, 0.25) is 12.8 Å². The van der Waals surface area contributed by atoms with Crippen molar-refractivity contribution in [1.82, 2.24) is 29.8 Å². The van der Waals surface area contributed by atoms with E-state index in [-0.39, 0.29) is 0 Å². The van der Waals surface area contributed by atoms with Crippen LogP contribution in [0.1, 0.15) is 0 Å². The van der Waals surface area contributed by atoms with Crippen LogP contribution in [0.2, 0.25) is 0 Å². The van der Waals surface area contributed by atoms with Gasteiger partial charge in [-0.3, -0.25) is 0 Å². The molecular weight excluding hydrogens is 236 g/mol. The molecule has 9 heteroatoms. The Balaban J connectivity index is 0.000000112. The predicted octanol–water partition coefficient (Wildman–Crippen LogP) is 1.15. The van der Waals surface area contributed by atoms with Gasteiger partial charge in [-0.1, -0.05) is 0 Å². The van der Waals surface area contributed by atoms with E-state index in [9.17, 15) is 0 Å². The van der Waals surface area contributed by atoms with Gasteiger partial charge in [0.05, 0.1) is 0 Å². The third-order valence-electron chi connectivity index (χ3n) is 0.848. The Hall–Kier alpha value is -1.74. The lowest BCUT2D eigenvalue weighted by Crippen LogP contribution is -1.53. The van der Waals surface area contributed by atoms with E-state index in [0.29, 0.717) is 0 Å². The fourth-order valence-electron chi connectivity index (χ4n) is 0.408. The molecule has 0 spiro atoms. The highest BCUT2D eigenvalue weighted by Crippen LogP contribution is 1.80. The van der Waals surface area contributed by atoms with E-state index >= 15 is 0 Å². The van der Waals surface area contributed by atoms with Crippen LogP contribution in [0.3, 0.4) is 0 Å². The smallest absolute Gasteiger partial charge is 0.203 e. The Morgan fingerprint density at radius 2 is 1.60 bits per heavy atom. The van der Waals surface area contributed by atoms with Gasteiger partial charge in [-0.2, -0.15) is 4.37 Å². The Morgan fingerprint density at radius 3 is 1.80 bits per heavy atom. The van der Waals surface area contributed by atoms with Crippen molar-refractivity contribution in [3.05, 3.63) is 35.6 Å². The summed E-state index contributed by atoms with van der Waals surface area (Å²) in [5, 5.41) is 13.6. The van der Waals surface area contributed by atoms with E-state index in [1.165, 1.54) is 42.0 Å². The van der Waals surface area contributed by atoms with Crippen LogP contribution >= 0.6 is 22.9 Å². The standard InChI is InChI=1S/C2H2N2O.2C2H2N2S/c2*1-3-4-2-5-1;1-3-2-5-4-1/h3*1-2H. The highest BCUT2D eigenvalue weighted by Gasteiger charge is 1.61. The molecule has 78 valence electrons. The molecule has 0 saturated heterocycles. The summed E-state index contributed by atoms with van der Waals surface area (Å²) in [4.78, 5) is 3.63. The SMILES string of the molecule is c1ncsn1.c1nnco1.c1nncs1. The summed E-state index contributed by atoms with van der Waals surface area (Å²) in [6, 6.07) is 0. The molecular formula is C6H6N6OS2. The average Bonchev–Trinajstić information content (AvgIpc) is 3.09. The van der Waals surface area contributed by atoms with Gasteiger partial charge in [0, 0.05) is 0 Å². The van der Waals surface area contributed by atoms with Crippen molar-refractivity contribution < 1.29 is 4.42 Å². The molecule has 7 nitrogen and oxygen atoms in total. The van der Waals surface area contributed by atoms with Crippen LogP contribution in [-0.4, -0.2) is 29.8 Å². The quantitative estimate of drug-likeness (QED) is 0.583. The zero-order valence-electron chi connectivity index (χ0n) is 7.37. The van der Waals surface area contributed by atoms with E-state index in [0.717, 1.165) is 0 Å². The van der Waals surface area contributed by atoms with Crippen molar-refractivity contribution in [2.24, 2.45) is 0 Å². The lowest BCUT2D eigenvalue weighted by atomic mass is 11.4. The van der Waals surface area contributed by atoms with Crippen LogP contribution in [0.15, 0.2) is 40.1 Å². The highest BCUT2D eigenvalue weighted by molar-refractivity contribution is 7.07. The zero-order chi connectivity index (χ0) is 10.6. The lowest BCUT2D eigenvalue weighted by Gasteiger charge is -1.44. The van der Waals surface area contributed by atoms with Crippen LogP contribution in [0.5, 0.6) is 0 Å². The second-order valence-corrected chi connectivity index (χ2v) is 3.06. The fraction of sp³-hybridized carbons (Fsp3) is 0. The van der Waals surface area contributed by atoms with Crippen molar-refractivity contribution in [2.75, 3.05) is 0 Å². The zero-order valence-corrected chi connectivity index (χ0v) is 9.01. The monoisotopic (exact) mass is 242 g/mol. The molecule has 0 atom stereocenters. The molecule has 0 saturated carbocycles. The van der Waals surface area contributed by atoms with Gasteiger partial charge in [0.1, 0.15) is 22.9 Å². The maximum atomic E-state index is 4.36. The summed E-state index contributed by atoms with van der Waals surface area (Å²) in [5.74, 6) is 0. The van der Waals surface area contributed by atoms with Gasteiger partial charge in [0.25, 0.3) is 0 Å². The summed E-state index contributed by atoms with van der Waals surface area (Å²) in [7, 11) is 0. The average molecular weight is 242 g/mol. The molecule has 3 rings (SSSR count). The Bertz CT molecular complexity index is 258. The van der Waals surface area contributed by atoms with Crippen LogP contribution in [0.4, 0.5) is 0 Å².